The summed E-state index contributed by atoms with van der Waals surface area (Å²) in [6.45, 7) is 4.28. The average molecular weight is 391 g/mol. The second kappa shape index (κ2) is 8.11. The van der Waals surface area contributed by atoms with Gasteiger partial charge in [0.1, 0.15) is 5.75 Å². The largest absolute Gasteiger partial charge is 0.465 e. The summed E-state index contributed by atoms with van der Waals surface area (Å²) in [6, 6.07) is 11.9. The zero-order valence-electron chi connectivity index (χ0n) is 13.8. The highest BCUT2D eigenvalue weighted by molar-refractivity contribution is 9.10. The fourth-order valence-corrected chi connectivity index (χ4v) is 2.64. The highest BCUT2D eigenvalue weighted by Crippen LogP contribution is 2.30. The Labute approximate surface area is 149 Å². The predicted octanol–water partition coefficient (Wildman–Crippen LogP) is 4.97. The van der Waals surface area contributed by atoms with Crippen molar-refractivity contribution in [2.75, 3.05) is 7.11 Å². The molecule has 0 N–H and O–H groups in total. The minimum absolute atomic E-state index is 0.362. The van der Waals surface area contributed by atoms with E-state index in [2.05, 4.69) is 34.5 Å². The Morgan fingerprint density at radius 2 is 1.62 bits per heavy atom. The Morgan fingerprint density at radius 3 is 2.12 bits per heavy atom. The first kappa shape index (κ1) is 18.2. The molecule has 2 aromatic carbocycles. The first-order valence-electron chi connectivity index (χ1n) is 7.66. The fraction of sp³-hybridized carbons (Fsp3) is 0.263. The van der Waals surface area contributed by atoms with Crippen LogP contribution in [0.15, 0.2) is 46.9 Å². The van der Waals surface area contributed by atoms with Gasteiger partial charge in [0.25, 0.3) is 0 Å². The first-order valence-corrected chi connectivity index (χ1v) is 8.45. The molecule has 0 radical (unpaired) electrons. The van der Waals surface area contributed by atoms with Gasteiger partial charge in [0.05, 0.1) is 22.7 Å². The van der Waals surface area contributed by atoms with Crippen LogP contribution in [0.2, 0.25) is 0 Å². The van der Waals surface area contributed by atoms with E-state index >= 15 is 0 Å². The Morgan fingerprint density at radius 1 is 1.04 bits per heavy atom. The molecule has 2 rings (SSSR count). The van der Waals surface area contributed by atoms with Gasteiger partial charge in [0, 0.05) is 0 Å². The van der Waals surface area contributed by atoms with Crippen LogP contribution in [0.4, 0.5) is 0 Å². The van der Waals surface area contributed by atoms with Gasteiger partial charge >= 0.3 is 11.9 Å². The van der Waals surface area contributed by atoms with Crippen molar-refractivity contribution in [1.82, 2.24) is 0 Å². The van der Waals surface area contributed by atoms with Crippen molar-refractivity contribution >= 4 is 27.9 Å². The van der Waals surface area contributed by atoms with Crippen molar-refractivity contribution in [2.45, 2.75) is 26.2 Å². The minimum Gasteiger partial charge on any atom is -0.465 e. The Bertz CT molecular complexity index is 738. The van der Waals surface area contributed by atoms with Crippen molar-refractivity contribution in [3.63, 3.8) is 0 Å². The van der Waals surface area contributed by atoms with Crippen molar-refractivity contribution in [2.24, 2.45) is 0 Å². The number of hydrogen-bond donors (Lipinski definition) is 0. The smallest absolute Gasteiger partial charge is 0.343 e. The summed E-state index contributed by atoms with van der Waals surface area (Å²) in [7, 11) is 1.31. The van der Waals surface area contributed by atoms with Gasteiger partial charge in [-0.1, -0.05) is 19.9 Å². The minimum atomic E-state index is -0.483. The number of benzene rings is 2. The maximum absolute atomic E-state index is 12.2. The van der Waals surface area contributed by atoms with Crippen LogP contribution >= 0.6 is 15.9 Å². The van der Waals surface area contributed by atoms with E-state index in [-0.39, 0.29) is 0 Å². The zero-order valence-corrected chi connectivity index (χ0v) is 15.4. The molecular formula is C19H19BrO4. The summed E-state index contributed by atoms with van der Waals surface area (Å²) in [4.78, 5) is 23.6. The Balaban J connectivity index is 2.13. The van der Waals surface area contributed by atoms with Gasteiger partial charge in [0.2, 0.25) is 0 Å². The van der Waals surface area contributed by atoms with Gasteiger partial charge < -0.3 is 9.47 Å². The lowest BCUT2D eigenvalue weighted by Crippen LogP contribution is -2.10. The molecule has 0 aliphatic heterocycles. The molecule has 1 unspecified atom stereocenters. The van der Waals surface area contributed by atoms with Crippen LogP contribution in [-0.2, 0) is 4.74 Å². The highest BCUT2D eigenvalue weighted by Gasteiger charge is 2.14. The third-order valence-corrected chi connectivity index (χ3v) is 4.50. The summed E-state index contributed by atoms with van der Waals surface area (Å²) in [5.41, 5.74) is 1.93. The summed E-state index contributed by atoms with van der Waals surface area (Å²) in [5.74, 6) is -0.0253. The van der Waals surface area contributed by atoms with Crippen molar-refractivity contribution in [1.29, 1.82) is 0 Å². The molecule has 0 aromatic heterocycles. The van der Waals surface area contributed by atoms with Crippen LogP contribution in [-0.4, -0.2) is 19.0 Å². The van der Waals surface area contributed by atoms with Crippen molar-refractivity contribution < 1.29 is 19.1 Å². The van der Waals surface area contributed by atoms with E-state index in [1.807, 2.05) is 12.1 Å². The van der Waals surface area contributed by atoms with Gasteiger partial charge in [0.15, 0.2) is 0 Å². The van der Waals surface area contributed by atoms with Crippen molar-refractivity contribution in [3.8, 4) is 5.75 Å². The van der Waals surface area contributed by atoms with Crippen LogP contribution in [0.5, 0.6) is 5.75 Å². The zero-order chi connectivity index (χ0) is 17.7. The van der Waals surface area contributed by atoms with E-state index in [9.17, 15) is 9.59 Å². The topological polar surface area (TPSA) is 52.6 Å². The van der Waals surface area contributed by atoms with E-state index in [0.29, 0.717) is 22.8 Å². The molecule has 0 spiro atoms. The maximum atomic E-state index is 12.2. The highest BCUT2D eigenvalue weighted by atomic mass is 79.9. The number of rotatable bonds is 5. The van der Waals surface area contributed by atoms with Crippen LogP contribution in [0.3, 0.4) is 0 Å². The number of ether oxygens (including phenoxy) is 2. The number of esters is 2. The van der Waals surface area contributed by atoms with E-state index in [1.54, 1.807) is 6.07 Å². The van der Waals surface area contributed by atoms with Gasteiger partial charge in [-0.3, -0.25) is 0 Å². The fourth-order valence-electron chi connectivity index (χ4n) is 2.16. The predicted molar refractivity (Wildman–Crippen MR) is 95.6 cm³/mol. The molecule has 1 atom stereocenters. The lowest BCUT2D eigenvalue weighted by atomic mass is 9.99. The van der Waals surface area contributed by atoms with Gasteiger partial charge in [-0.05, 0) is 70.2 Å². The molecule has 5 heteroatoms. The second-order valence-electron chi connectivity index (χ2n) is 5.46. The molecule has 2 aromatic rings. The lowest BCUT2D eigenvalue weighted by molar-refractivity contribution is 0.0599. The molecule has 24 heavy (non-hydrogen) atoms. The number of carbonyl (C=O) groups is 2. The van der Waals surface area contributed by atoms with Gasteiger partial charge in [-0.25, -0.2) is 9.59 Å². The van der Waals surface area contributed by atoms with E-state index in [4.69, 9.17) is 4.74 Å². The summed E-state index contributed by atoms with van der Waals surface area (Å²) >= 11 is 3.45. The standard InChI is InChI=1S/C19H19BrO4/c1-4-12(2)15-9-10-17(16(20)11-15)24-19(22)14-7-5-13(6-8-14)18(21)23-3/h5-12H,4H2,1-3H3. The molecule has 4 nitrogen and oxygen atoms in total. The van der Waals surface area contributed by atoms with Gasteiger partial charge in [-0.15, -0.1) is 0 Å². The number of methoxy groups -OCH3 is 1. The molecule has 0 aliphatic carbocycles. The van der Waals surface area contributed by atoms with Gasteiger partial charge in [-0.2, -0.15) is 0 Å². The summed E-state index contributed by atoms with van der Waals surface area (Å²) in [5, 5.41) is 0. The Kier molecular flexibility index (Phi) is 6.15. The Hall–Kier alpha value is -2.14. The number of hydrogen-bond acceptors (Lipinski definition) is 4. The molecule has 0 heterocycles. The summed E-state index contributed by atoms with van der Waals surface area (Å²) in [6.07, 6.45) is 1.04. The third kappa shape index (κ3) is 4.23. The second-order valence-corrected chi connectivity index (χ2v) is 6.31. The van der Waals surface area contributed by atoms with E-state index in [0.717, 1.165) is 10.9 Å². The molecule has 126 valence electrons. The SMILES string of the molecule is CCC(C)c1ccc(OC(=O)c2ccc(C(=O)OC)cc2)c(Br)c1. The average Bonchev–Trinajstić information content (AvgIpc) is 2.62. The summed E-state index contributed by atoms with van der Waals surface area (Å²) < 4.78 is 10.8. The molecule has 0 fully saturated rings. The van der Waals surface area contributed by atoms with Crippen LogP contribution in [0.1, 0.15) is 52.5 Å². The first-order chi connectivity index (χ1) is 11.5. The normalized spacial score (nSPS) is 11.7. The third-order valence-electron chi connectivity index (χ3n) is 3.88. The lowest BCUT2D eigenvalue weighted by Gasteiger charge is -2.12. The van der Waals surface area contributed by atoms with E-state index < -0.39 is 11.9 Å². The molecule has 0 bridgehead atoms. The number of halogens is 1. The molecule has 0 aliphatic rings. The maximum Gasteiger partial charge on any atom is 0.343 e. The molecular weight excluding hydrogens is 372 g/mol. The monoisotopic (exact) mass is 390 g/mol. The quantitative estimate of drug-likeness (QED) is 0.534. The van der Waals surface area contributed by atoms with Crippen LogP contribution < -0.4 is 4.74 Å². The van der Waals surface area contributed by atoms with E-state index in [1.165, 1.54) is 36.9 Å². The number of carbonyl (C=O) groups excluding carboxylic acids is 2. The van der Waals surface area contributed by atoms with Crippen LogP contribution in [0, 0.1) is 0 Å². The van der Waals surface area contributed by atoms with Crippen LogP contribution in [0.25, 0.3) is 0 Å². The molecule has 0 amide bonds. The molecule has 0 saturated carbocycles. The molecule has 0 saturated heterocycles. The van der Waals surface area contributed by atoms with Crippen molar-refractivity contribution in [3.05, 3.63) is 63.6 Å².